The number of hydrogen-bond donors (Lipinski definition) is 0. The first kappa shape index (κ1) is 16.3. The van der Waals surface area contributed by atoms with Crippen molar-refractivity contribution in [2.45, 2.75) is 39.8 Å². The lowest BCUT2D eigenvalue weighted by molar-refractivity contribution is 0.167. The van der Waals surface area contributed by atoms with Gasteiger partial charge in [-0.3, -0.25) is 4.90 Å². The molecule has 2 heterocycles. The monoisotopic (exact) mass is 333 g/mol. The van der Waals surface area contributed by atoms with E-state index in [-0.39, 0.29) is 0 Å². The first-order chi connectivity index (χ1) is 12.2. The molecule has 0 amide bonds. The van der Waals surface area contributed by atoms with Crippen molar-refractivity contribution in [3.05, 3.63) is 65.5 Å². The van der Waals surface area contributed by atoms with Crippen LogP contribution in [0, 0.1) is 19.8 Å². The summed E-state index contributed by atoms with van der Waals surface area (Å²) < 4.78 is 2.41. The topological polar surface area (TPSA) is 21.1 Å². The molecule has 3 heteroatoms. The number of likely N-dealkylation sites (tertiary alicyclic amines) is 1. The lowest BCUT2D eigenvalue weighted by atomic mass is 9.96. The zero-order valence-corrected chi connectivity index (χ0v) is 15.3. The summed E-state index contributed by atoms with van der Waals surface area (Å²) in [5.74, 6) is 1.90. The molecule has 1 aliphatic rings. The molecule has 0 unspecified atom stereocenters. The SMILES string of the molecule is Cc1ccc(CN2CCC(Cn3c(C)nc4ccccc43)CC2)cc1. The quantitative estimate of drug-likeness (QED) is 0.697. The fourth-order valence-electron chi connectivity index (χ4n) is 3.96. The van der Waals surface area contributed by atoms with E-state index >= 15 is 0 Å². The van der Waals surface area contributed by atoms with Gasteiger partial charge in [-0.2, -0.15) is 0 Å². The molecule has 1 fully saturated rings. The Labute approximate surface area is 150 Å². The van der Waals surface area contributed by atoms with Crippen molar-refractivity contribution in [1.82, 2.24) is 14.5 Å². The number of hydrogen-bond acceptors (Lipinski definition) is 2. The number of piperidine rings is 1. The maximum Gasteiger partial charge on any atom is 0.106 e. The van der Waals surface area contributed by atoms with Gasteiger partial charge in [0.05, 0.1) is 11.0 Å². The van der Waals surface area contributed by atoms with Crippen LogP contribution in [0.25, 0.3) is 11.0 Å². The minimum atomic E-state index is 0.755. The van der Waals surface area contributed by atoms with E-state index in [0.717, 1.165) is 30.3 Å². The van der Waals surface area contributed by atoms with Crippen molar-refractivity contribution in [3.63, 3.8) is 0 Å². The van der Waals surface area contributed by atoms with E-state index in [9.17, 15) is 0 Å². The average molecular weight is 333 g/mol. The Morgan fingerprint density at radius 2 is 1.68 bits per heavy atom. The van der Waals surface area contributed by atoms with E-state index in [1.165, 1.54) is 42.6 Å². The minimum Gasteiger partial charge on any atom is -0.328 e. The molecule has 0 atom stereocenters. The Kier molecular flexibility index (Phi) is 4.58. The maximum atomic E-state index is 4.71. The normalized spacial score (nSPS) is 16.6. The highest BCUT2D eigenvalue weighted by atomic mass is 15.1. The predicted molar refractivity (Wildman–Crippen MR) is 104 cm³/mol. The first-order valence-corrected chi connectivity index (χ1v) is 9.39. The Morgan fingerprint density at radius 3 is 2.44 bits per heavy atom. The highest BCUT2D eigenvalue weighted by Gasteiger charge is 2.21. The van der Waals surface area contributed by atoms with Crippen LogP contribution < -0.4 is 0 Å². The molecular formula is C22H27N3. The molecule has 0 spiro atoms. The number of imidazole rings is 1. The molecule has 1 saturated heterocycles. The third kappa shape index (κ3) is 3.62. The van der Waals surface area contributed by atoms with Crippen LogP contribution >= 0.6 is 0 Å². The van der Waals surface area contributed by atoms with Crippen molar-refractivity contribution >= 4 is 11.0 Å². The van der Waals surface area contributed by atoms with Crippen molar-refractivity contribution in [2.75, 3.05) is 13.1 Å². The lowest BCUT2D eigenvalue weighted by Gasteiger charge is -2.32. The highest BCUT2D eigenvalue weighted by molar-refractivity contribution is 5.75. The molecule has 130 valence electrons. The molecule has 2 aromatic carbocycles. The Hall–Kier alpha value is -2.13. The van der Waals surface area contributed by atoms with Gasteiger partial charge in [0.2, 0.25) is 0 Å². The number of fused-ring (bicyclic) bond motifs is 1. The van der Waals surface area contributed by atoms with E-state index in [1.807, 2.05) is 0 Å². The van der Waals surface area contributed by atoms with E-state index in [1.54, 1.807) is 0 Å². The molecule has 4 rings (SSSR count). The van der Waals surface area contributed by atoms with Crippen LogP contribution in [0.5, 0.6) is 0 Å². The van der Waals surface area contributed by atoms with Crippen molar-refractivity contribution in [3.8, 4) is 0 Å². The summed E-state index contributed by atoms with van der Waals surface area (Å²) in [4.78, 5) is 7.31. The van der Waals surface area contributed by atoms with E-state index in [2.05, 4.69) is 71.8 Å². The van der Waals surface area contributed by atoms with Crippen molar-refractivity contribution < 1.29 is 0 Å². The number of benzene rings is 2. The summed E-state index contributed by atoms with van der Waals surface area (Å²) in [7, 11) is 0. The smallest absolute Gasteiger partial charge is 0.106 e. The first-order valence-electron chi connectivity index (χ1n) is 9.39. The molecule has 0 radical (unpaired) electrons. The third-order valence-corrected chi connectivity index (χ3v) is 5.52. The van der Waals surface area contributed by atoms with Crippen LogP contribution in [0.4, 0.5) is 0 Å². The predicted octanol–water partition coefficient (Wildman–Crippen LogP) is 4.57. The summed E-state index contributed by atoms with van der Waals surface area (Å²) in [5.41, 5.74) is 5.17. The molecule has 1 aliphatic heterocycles. The summed E-state index contributed by atoms with van der Waals surface area (Å²) in [6.45, 7) is 8.86. The second kappa shape index (κ2) is 7.01. The molecule has 25 heavy (non-hydrogen) atoms. The Balaban J connectivity index is 1.37. The Bertz CT molecular complexity index is 839. The van der Waals surface area contributed by atoms with E-state index < -0.39 is 0 Å². The minimum absolute atomic E-state index is 0.755. The van der Waals surface area contributed by atoms with Crippen LogP contribution in [0.15, 0.2) is 48.5 Å². The van der Waals surface area contributed by atoms with Crippen LogP contribution in [-0.4, -0.2) is 27.5 Å². The summed E-state index contributed by atoms with van der Waals surface area (Å²) in [6, 6.07) is 17.5. The van der Waals surface area contributed by atoms with Gasteiger partial charge in [0, 0.05) is 13.1 Å². The van der Waals surface area contributed by atoms with Crippen molar-refractivity contribution in [2.24, 2.45) is 5.92 Å². The fraction of sp³-hybridized carbons (Fsp3) is 0.409. The zero-order valence-electron chi connectivity index (χ0n) is 15.3. The molecule has 0 saturated carbocycles. The van der Waals surface area contributed by atoms with Gasteiger partial charge in [-0.15, -0.1) is 0 Å². The van der Waals surface area contributed by atoms with Crippen LogP contribution in [-0.2, 0) is 13.1 Å². The van der Waals surface area contributed by atoms with Gasteiger partial charge in [0.25, 0.3) is 0 Å². The number of para-hydroxylation sites is 2. The van der Waals surface area contributed by atoms with Gasteiger partial charge >= 0.3 is 0 Å². The van der Waals surface area contributed by atoms with Gasteiger partial charge in [0.1, 0.15) is 5.82 Å². The van der Waals surface area contributed by atoms with Gasteiger partial charge < -0.3 is 4.57 Å². The molecule has 1 aromatic heterocycles. The van der Waals surface area contributed by atoms with Crippen LogP contribution in [0.1, 0.15) is 29.8 Å². The zero-order chi connectivity index (χ0) is 17.2. The lowest BCUT2D eigenvalue weighted by Crippen LogP contribution is -2.34. The number of aromatic nitrogens is 2. The van der Waals surface area contributed by atoms with E-state index in [4.69, 9.17) is 4.98 Å². The third-order valence-electron chi connectivity index (χ3n) is 5.52. The second-order valence-corrected chi connectivity index (χ2v) is 7.46. The van der Waals surface area contributed by atoms with Crippen LogP contribution in [0.2, 0.25) is 0 Å². The standard InChI is InChI=1S/C22H27N3/c1-17-7-9-19(10-8-17)15-24-13-11-20(12-14-24)16-25-18(2)23-21-5-3-4-6-22(21)25/h3-10,20H,11-16H2,1-2H3. The fourth-order valence-corrected chi connectivity index (χ4v) is 3.96. The second-order valence-electron chi connectivity index (χ2n) is 7.46. The number of rotatable bonds is 4. The largest absolute Gasteiger partial charge is 0.328 e. The van der Waals surface area contributed by atoms with E-state index in [0.29, 0.717) is 0 Å². The number of aryl methyl sites for hydroxylation is 2. The molecular weight excluding hydrogens is 306 g/mol. The molecule has 0 N–H and O–H groups in total. The summed E-state index contributed by atoms with van der Waals surface area (Å²) in [6.07, 6.45) is 2.55. The van der Waals surface area contributed by atoms with Gasteiger partial charge in [-0.1, -0.05) is 42.0 Å². The highest BCUT2D eigenvalue weighted by Crippen LogP contribution is 2.24. The molecule has 3 nitrogen and oxygen atoms in total. The van der Waals surface area contributed by atoms with Gasteiger partial charge in [-0.05, 0) is 63.4 Å². The maximum absolute atomic E-state index is 4.71. The number of nitrogens with zero attached hydrogens (tertiary/aromatic N) is 3. The molecule has 0 bridgehead atoms. The summed E-state index contributed by atoms with van der Waals surface area (Å²) in [5, 5.41) is 0. The van der Waals surface area contributed by atoms with Crippen LogP contribution in [0.3, 0.4) is 0 Å². The van der Waals surface area contributed by atoms with Gasteiger partial charge in [-0.25, -0.2) is 4.98 Å². The van der Waals surface area contributed by atoms with Crippen molar-refractivity contribution in [1.29, 1.82) is 0 Å². The Morgan fingerprint density at radius 1 is 0.960 bits per heavy atom. The van der Waals surface area contributed by atoms with Gasteiger partial charge in [0.15, 0.2) is 0 Å². The molecule has 0 aliphatic carbocycles. The molecule has 3 aromatic rings. The summed E-state index contributed by atoms with van der Waals surface area (Å²) >= 11 is 0. The average Bonchev–Trinajstić information content (AvgIpc) is 2.94.